The Morgan fingerprint density at radius 1 is 1.54 bits per heavy atom. The zero-order valence-electron chi connectivity index (χ0n) is 13.6. The van der Waals surface area contributed by atoms with Crippen molar-refractivity contribution in [2.24, 2.45) is 0 Å². The Labute approximate surface area is 148 Å². The van der Waals surface area contributed by atoms with Crippen LogP contribution in [0.2, 0.25) is 0 Å². The van der Waals surface area contributed by atoms with Gasteiger partial charge >= 0.3 is 0 Å². The average molecular weight is 395 g/mol. The van der Waals surface area contributed by atoms with Crippen molar-refractivity contribution in [3.63, 3.8) is 0 Å². The minimum Gasteiger partial charge on any atom is -0.389 e. The molecule has 1 aromatic heterocycles. The van der Waals surface area contributed by atoms with Gasteiger partial charge in [-0.3, -0.25) is 0 Å². The second-order valence-corrected chi connectivity index (χ2v) is 6.08. The third kappa shape index (κ3) is 4.10. The zero-order chi connectivity index (χ0) is 17.7. The molecule has 0 fully saturated rings. The molecule has 1 unspecified atom stereocenters. The Hall–Kier alpha value is -1.99. The van der Waals surface area contributed by atoms with Crippen molar-refractivity contribution in [2.45, 2.75) is 26.4 Å². The van der Waals surface area contributed by atoms with E-state index in [0.717, 1.165) is 16.7 Å². The van der Waals surface area contributed by atoms with E-state index in [9.17, 15) is 9.50 Å². The van der Waals surface area contributed by atoms with Crippen molar-refractivity contribution in [1.29, 1.82) is 5.41 Å². The summed E-state index contributed by atoms with van der Waals surface area (Å²) < 4.78 is 16.1. The van der Waals surface area contributed by atoms with Crippen LogP contribution in [0, 0.1) is 11.2 Å². The maximum atomic E-state index is 13.5. The third-order valence-corrected chi connectivity index (χ3v) is 4.34. The fourth-order valence-electron chi connectivity index (χ4n) is 2.39. The number of aromatic nitrogens is 2. The molecule has 2 aromatic rings. The van der Waals surface area contributed by atoms with Crippen LogP contribution in [0.1, 0.15) is 31.3 Å². The predicted molar refractivity (Wildman–Crippen MR) is 96.3 cm³/mol. The lowest BCUT2D eigenvalue weighted by atomic mass is 10.1. The smallest absolute Gasteiger partial charge is 0.123 e. The van der Waals surface area contributed by atoms with Crippen LogP contribution in [-0.4, -0.2) is 27.4 Å². The summed E-state index contributed by atoms with van der Waals surface area (Å²) in [4.78, 5) is 4.35. The number of halogens is 2. The highest BCUT2D eigenvalue weighted by atomic mass is 79.9. The van der Waals surface area contributed by atoms with E-state index in [1.807, 2.05) is 6.92 Å². The van der Waals surface area contributed by atoms with E-state index in [-0.39, 0.29) is 0 Å². The zero-order valence-corrected chi connectivity index (χ0v) is 15.1. The number of nitrogens with one attached hydrogen (secondary N) is 2. The van der Waals surface area contributed by atoms with Gasteiger partial charge in [0.2, 0.25) is 0 Å². The number of nitrogens with zero attached hydrogens (tertiary/aromatic N) is 2. The molecule has 0 aliphatic carbocycles. The standard InChI is InChI=1S/C17H20BrFN4O/c1-3-21-17(18)12(10-20)8-16-22-6-7-23(16)15-5-4-13(19)9-14(15)11(2)24/h4-7,9-11,20-21,24H,3,8H2,1-2H3/b17-12-,20-10?. The normalized spacial score (nSPS) is 13.4. The number of benzene rings is 1. The molecule has 0 radical (unpaired) electrons. The highest BCUT2D eigenvalue weighted by Crippen LogP contribution is 2.25. The Morgan fingerprint density at radius 2 is 2.29 bits per heavy atom. The molecule has 0 saturated heterocycles. The molecular formula is C17H20BrFN4O. The molecule has 0 saturated carbocycles. The largest absolute Gasteiger partial charge is 0.389 e. The van der Waals surface area contributed by atoms with Crippen LogP contribution in [0.25, 0.3) is 5.69 Å². The molecule has 1 atom stereocenters. The average Bonchev–Trinajstić information content (AvgIpc) is 3.00. The van der Waals surface area contributed by atoms with Crippen LogP contribution in [0.5, 0.6) is 0 Å². The highest BCUT2D eigenvalue weighted by Gasteiger charge is 2.15. The van der Waals surface area contributed by atoms with Crippen molar-refractivity contribution in [3.05, 3.63) is 58.0 Å². The fourth-order valence-corrected chi connectivity index (χ4v) is 2.93. The van der Waals surface area contributed by atoms with E-state index >= 15 is 0 Å². The minimum absolute atomic E-state index is 0.397. The van der Waals surface area contributed by atoms with Crippen molar-refractivity contribution in [3.8, 4) is 5.69 Å². The van der Waals surface area contributed by atoms with Crippen LogP contribution in [-0.2, 0) is 6.42 Å². The lowest BCUT2D eigenvalue weighted by Crippen LogP contribution is -2.13. The number of hydrogen-bond acceptors (Lipinski definition) is 4. The van der Waals surface area contributed by atoms with Gasteiger partial charge in [-0.15, -0.1) is 0 Å². The van der Waals surface area contributed by atoms with Gasteiger partial charge in [-0.2, -0.15) is 0 Å². The summed E-state index contributed by atoms with van der Waals surface area (Å²) in [5.41, 5.74) is 1.90. The van der Waals surface area contributed by atoms with E-state index in [4.69, 9.17) is 5.41 Å². The molecule has 0 amide bonds. The Morgan fingerprint density at radius 3 is 2.92 bits per heavy atom. The monoisotopic (exact) mass is 394 g/mol. The van der Waals surface area contributed by atoms with Crippen molar-refractivity contribution in [1.82, 2.24) is 14.9 Å². The first kappa shape index (κ1) is 18.4. The predicted octanol–water partition coefficient (Wildman–Crippen LogP) is 3.47. The Bertz CT molecular complexity index is 755. The van der Waals surface area contributed by atoms with E-state index in [0.29, 0.717) is 23.5 Å². The Kier molecular flexibility index (Phi) is 6.28. The summed E-state index contributed by atoms with van der Waals surface area (Å²) in [5.74, 6) is 0.295. The van der Waals surface area contributed by atoms with E-state index in [2.05, 4.69) is 26.2 Å². The van der Waals surface area contributed by atoms with E-state index in [1.54, 1.807) is 30.0 Å². The maximum absolute atomic E-state index is 13.5. The molecule has 0 aliphatic heterocycles. The topological polar surface area (TPSA) is 73.9 Å². The van der Waals surface area contributed by atoms with Gasteiger partial charge in [-0.1, -0.05) is 0 Å². The Balaban J connectivity index is 2.45. The minimum atomic E-state index is -0.808. The number of aliphatic hydroxyl groups excluding tert-OH is 1. The number of aliphatic hydroxyl groups is 1. The molecule has 1 heterocycles. The van der Waals surface area contributed by atoms with Gasteiger partial charge in [0.15, 0.2) is 0 Å². The van der Waals surface area contributed by atoms with Crippen LogP contribution < -0.4 is 5.32 Å². The van der Waals surface area contributed by atoms with Gasteiger partial charge in [0.25, 0.3) is 0 Å². The van der Waals surface area contributed by atoms with Gasteiger partial charge in [0.05, 0.1) is 16.4 Å². The lowest BCUT2D eigenvalue weighted by molar-refractivity contribution is 0.198. The van der Waals surface area contributed by atoms with E-state index < -0.39 is 11.9 Å². The summed E-state index contributed by atoms with van der Waals surface area (Å²) in [7, 11) is 0. The number of hydrogen-bond donors (Lipinski definition) is 3. The number of imidazole rings is 1. The van der Waals surface area contributed by atoms with Crippen LogP contribution in [0.3, 0.4) is 0 Å². The van der Waals surface area contributed by atoms with Crippen LogP contribution in [0.15, 0.2) is 40.8 Å². The maximum Gasteiger partial charge on any atom is 0.123 e. The van der Waals surface area contributed by atoms with Gasteiger partial charge in [-0.05, 0) is 48.0 Å². The van der Waals surface area contributed by atoms with Crippen LogP contribution >= 0.6 is 15.9 Å². The molecule has 2 rings (SSSR count). The summed E-state index contributed by atoms with van der Waals surface area (Å²) in [6, 6.07) is 4.30. The van der Waals surface area contributed by atoms with Gasteiger partial charge in [-0.25, -0.2) is 9.37 Å². The van der Waals surface area contributed by atoms with Gasteiger partial charge < -0.3 is 20.4 Å². The van der Waals surface area contributed by atoms with Gasteiger partial charge in [0.1, 0.15) is 11.6 Å². The quantitative estimate of drug-likeness (QED) is 0.497. The third-order valence-electron chi connectivity index (χ3n) is 3.55. The number of rotatable bonds is 7. The lowest BCUT2D eigenvalue weighted by Gasteiger charge is -2.16. The molecule has 0 aliphatic rings. The summed E-state index contributed by atoms with van der Waals surface area (Å²) in [5, 5.41) is 20.7. The summed E-state index contributed by atoms with van der Waals surface area (Å²) in [6.07, 6.45) is 4.29. The second kappa shape index (κ2) is 8.21. The van der Waals surface area contributed by atoms with Crippen molar-refractivity contribution >= 4 is 22.1 Å². The molecule has 0 bridgehead atoms. The number of allylic oxidation sites excluding steroid dienone is 1. The highest BCUT2D eigenvalue weighted by molar-refractivity contribution is 9.11. The molecule has 24 heavy (non-hydrogen) atoms. The second-order valence-electron chi connectivity index (χ2n) is 5.28. The summed E-state index contributed by atoms with van der Waals surface area (Å²) >= 11 is 3.43. The van der Waals surface area contributed by atoms with Crippen molar-refractivity contribution < 1.29 is 9.50 Å². The first-order valence-corrected chi connectivity index (χ1v) is 8.40. The summed E-state index contributed by atoms with van der Waals surface area (Å²) in [6.45, 7) is 4.30. The first-order valence-electron chi connectivity index (χ1n) is 7.61. The molecular weight excluding hydrogens is 375 g/mol. The first-order chi connectivity index (χ1) is 11.5. The molecule has 5 nitrogen and oxygen atoms in total. The molecule has 3 N–H and O–H groups in total. The molecule has 7 heteroatoms. The van der Waals surface area contributed by atoms with Gasteiger partial charge in [0, 0.05) is 42.7 Å². The van der Waals surface area contributed by atoms with E-state index in [1.165, 1.54) is 18.3 Å². The SMILES string of the molecule is CCN/C(Br)=C(\C=N)Cc1nccn1-c1ccc(F)cc1C(C)O. The molecule has 1 aromatic carbocycles. The molecule has 0 spiro atoms. The molecule has 128 valence electrons. The van der Waals surface area contributed by atoms with Crippen molar-refractivity contribution in [2.75, 3.05) is 6.54 Å². The fraction of sp³-hybridized carbons (Fsp3) is 0.294. The van der Waals surface area contributed by atoms with Crippen LogP contribution in [0.4, 0.5) is 4.39 Å².